The van der Waals surface area contributed by atoms with Crippen molar-refractivity contribution < 1.29 is 30.3 Å². The Morgan fingerprint density at radius 1 is 1.00 bits per heavy atom. The van der Waals surface area contributed by atoms with Crippen LogP contribution in [0.4, 0.5) is 0 Å². The van der Waals surface area contributed by atoms with Crippen molar-refractivity contribution >= 4 is 12.9 Å². The van der Waals surface area contributed by atoms with Crippen molar-refractivity contribution in [2.45, 2.75) is 6.54 Å². The molecule has 2 rings (SSSR count). The minimum atomic E-state index is -0.222. The summed E-state index contributed by atoms with van der Waals surface area (Å²) in [4.78, 5) is 0. The van der Waals surface area contributed by atoms with Crippen molar-refractivity contribution in [1.82, 2.24) is 0 Å². The van der Waals surface area contributed by atoms with Gasteiger partial charge in [-0.05, 0) is 24.3 Å². The van der Waals surface area contributed by atoms with E-state index in [4.69, 9.17) is 15.4 Å². The van der Waals surface area contributed by atoms with Crippen LogP contribution in [0.15, 0.2) is 36.4 Å². The van der Waals surface area contributed by atoms with Gasteiger partial charge in [0.1, 0.15) is 29.7 Å². The van der Waals surface area contributed by atoms with E-state index in [1.165, 1.54) is 29.4 Å². The number of benzene rings is 2. The Labute approximate surface area is 131 Å². The fourth-order valence-electron chi connectivity index (χ4n) is 1.70. The lowest BCUT2D eigenvalue weighted by atomic mass is 10.2. The molecular weight excluding hydrogens is 304 g/mol. The van der Waals surface area contributed by atoms with Crippen LogP contribution < -0.4 is 5.16 Å². The highest BCUT2D eigenvalue weighted by atomic mass is 16.5. The van der Waals surface area contributed by atoms with Gasteiger partial charge in [-0.3, -0.25) is 0 Å². The molecule has 0 aromatic heterocycles. The Balaban J connectivity index is 0.000000816. The lowest BCUT2D eigenvalue weighted by Crippen LogP contribution is -2.56. The maximum atomic E-state index is 11.8. The van der Waals surface area contributed by atoms with E-state index >= 15 is 0 Å². The molecule has 0 saturated carbocycles. The number of nitrogens with one attached hydrogen (secondary N) is 1. The standard InChI is InChI=1S/C14H13NO5.CH3NO/c16-11-3-1-9(13(18)5-11)7-15(20)8-10-2-4-12(17)6-14(10)19;1-2-3/h1-7,16-19H,8H2;2H,1H2/b15-7+;. The van der Waals surface area contributed by atoms with Gasteiger partial charge in [0, 0.05) is 12.1 Å². The van der Waals surface area contributed by atoms with Crippen LogP contribution in [-0.4, -0.2) is 38.1 Å². The van der Waals surface area contributed by atoms with Crippen LogP contribution in [0, 0.1) is 10.4 Å². The Morgan fingerprint density at radius 3 is 2.04 bits per heavy atom. The van der Waals surface area contributed by atoms with E-state index < -0.39 is 0 Å². The number of nitrogens with zero attached hydrogens (tertiary/aromatic N) is 1. The molecule has 0 fully saturated rings. The van der Waals surface area contributed by atoms with Gasteiger partial charge >= 0.3 is 0 Å². The Kier molecular flexibility index (Phi) is 6.23. The molecule has 23 heavy (non-hydrogen) atoms. The Bertz CT molecular complexity index is 715. The molecule has 0 amide bonds. The first-order valence-corrected chi connectivity index (χ1v) is 6.33. The van der Waals surface area contributed by atoms with Crippen LogP contribution >= 0.6 is 0 Å². The second-order valence-corrected chi connectivity index (χ2v) is 4.40. The predicted molar refractivity (Wildman–Crippen MR) is 83.5 cm³/mol. The number of aromatic hydroxyl groups is 4. The van der Waals surface area contributed by atoms with Crippen LogP contribution in [0.1, 0.15) is 11.1 Å². The molecule has 0 spiro atoms. The molecule has 5 N–H and O–H groups in total. The lowest BCUT2D eigenvalue weighted by molar-refractivity contribution is -0.469. The molecule has 0 saturated heterocycles. The fourth-order valence-corrected chi connectivity index (χ4v) is 1.70. The minimum absolute atomic E-state index is 0.0937. The first-order chi connectivity index (χ1) is 10.9. The highest BCUT2D eigenvalue weighted by molar-refractivity contribution is 5.80. The van der Waals surface area contributed by atoms with Gasteiger partial charge in [0.2, 0.25) is 0 Å². The monoisotopic (exact) mass is 320 g/mol. The summed E-state index contributed by atoms with van der Waals surface area (Å²) < 4.78 is 0.526. The third kappa shape index (κ3) is 5.46. The third-order valence-corrected chi connectivity index (χ3v) is 2.69. The summed E-state index contributed by atoms with van der Waals surface area (Å²) in [5.41, 5.74) is 0.586. The van der Waals surface area contributed by atoms with Gasteiger partial charge in [-0.15, -0.1) is 0 Å². The molecule has 0 atom stereocenters. The van der Waals surface area contributed by atoms with E-state index in [-0.39, 0.29) is 35.1 Å². The van der Waals surface area contributed by atoms with Crippen molar-refractivity contribution in [3.8, 4) is 23.0 Å². The molecule has 0 bridgehead atoms. The quantitative estimate of drug-likeness (QED) is 0.231. The topological polar surface area (TPSA) is 144 Å². The van der Waals surface area contributed by atoms with Crippen LogP contribution in [0.5, 0.6) is 23.0 Å². The summed E-state index contributed by atoms with van der Waals surface area (Å²) in [7, 11) is 0. The maximum absolute atomic E-state index is 11.8. The number of hydrogen-bond donors (Lipinski definition) is 5. The summed E-state index contributed by atoms with van der Waals surface area (Å²) in [5.74, 6) is -0.605. The van der Waals surface area contributed by atoms with Crippen LogP contribution in [0.2, 0.25) is 0 Å². The average Bonchev–Trinajstić information content (AvgIpc) is 2.46. The highest BCUT2D eigenvalue weighted by Gasteiger charge is 2.08. The smallest absolute Gasteiger partial charge is 0.185 e. The summed E-state index contributed by atoms with van der Waals surface area (Å²) in [6.07, 6.45) is 1.14. The molecule has 122 valence electrons. The number of phenols is 4. The van der Waals surface area contributed by atoms with Gasteiger partial charge in [-0.25, -0.2) is 9.89 Å². The summed E-state index contributed by atoms with van der Waals surface area (Å²) >= 11 is 0. The molecule has 0 aliphatic rings. The van der Waals surface area contributed by atoms with Crippen molar-refractivity contribution in [2.75, 3.05) is 0 Å². The van der Waals surface area contributed by atoms with Crippen molar-refractivity contribution in [3.63, 3.8) is 0 Å². The van der Waals surface area contributed by atoms with Gasteiger partial charge in [-0.2, -0.15) is 0 Å². The van der Waals surface area contributed by atoms with E-state index in [0.717, 1.165) is 18.3 Å². The average molecular weight is 320 g/mol. The third-order valence-electron chi connectivity index (χ3n) is 2.69. The van der Waals surface area contributed by atoms with E-state index in [1.807, 2.05) is 0 Å². The molecule has 0 aliphatic carbocycles. The molecule has 8 nitrogen and oxygen atoms in total. The summed E-state index contributed by atoms with van der Waals surface area (Å²) in [5, 5.41) is 59.0. The van der Waals surface area contributed by atoms with Crippen molar-refractivity contribution in [2.24, 2.45) is 0 Å². The van der Waals surface area contributed by atoms with E-state index in [2.05, 4.69) is 6.72 Å². The molecule has 0 heterocycles. The largest absolute Gasteiger partial charge is 0.626 e. The first kappa shape index (κ1) is 17.6. The number of rotatable bonds is 3. The SMILES string of the molecule is C=[NH+][O-].[O-]/[N+](=C/c1ccc(O)cc1O)Cc1ccc(O)cc1O. The van der Waals surface area contributed by atoms with Crippen LogP contribution in [-0.2, 0) is 6.54 Å². The van der Waals surface area contributed by atoms with Gasteiger partial charge in [0.05, 0.1) is 11.1 Å². The van der Waals surface area contributed by atoms with Gasteiger partial charge in [-0.1, -0.05) is 0 Å². The molecule has 0 radical (unpaired) electrons. The molecule has 2 aromatic rings. The molecule has 2 aromatic carbocycles. The zero-order valence-electron chi connectivity index (χ0n) is 12.0. The molecule has 8 heteroatoms. The highest BCUT2D eigenvalue weighted by Crippen LogP contribution is 2.24. The van der Waals surface area contributed by atoms with Gasteiger partial charge in [0.15, 0.2) is 12.8 Å². The summed E-state index contributed by atoms with van der Waals surface area (Å²) in [6.45, 7) is 2.53. The van der Waals surface area contributed by atoms with Crippen molar-refractivity contribution in [1.29, 1.82) is 0 Å². The number of phenolic OH excluding ortho intramolecular Hbond substituents is 4. The van der Waals surface area contributed by atoms with Gasteiger partial charge < -0.3 is 30.8 Å². The van der Waals surface area contributed by atoms with E-state index in [9.17, 15) is 15.4 Å². The molecular formula is C15H16N2O6. The van der Waals surface area contributed by atoms with E-state index in [0.29, 0.717) is 10.3 Å². The van der Waals surface area contributed by atoms with Crippen LogP contribution in [0.3, 0.4) is 0 Å². The predicted octanol–water partition coefficient (Wildman–Crippen LogP) is -0.0962. The first-order valence-electron chi connectivity index (χ1n) is 6.33. The minimum Gasteiger partial charge on any atom is -0.626 e. The second kappa shape index (κ2) is 8.13. The Hall–Kier alpha value is -3.42. The zero-order chi connectivity index (χ0) is 17.4. The number of hydrogen-bond acceptors (Lipinski definition) is 6. The Morgan fingerprint density at radius 2 is 1.52 bits per heavy atom. The van der Waals surface area contributed by atoms with Crippen LogP contribution in [0.25, 0.3) is 0 Å². The lowest BCUT2D eigenvalue weighted by Gasteiger charge is -2.07. The van der Waals surface area contributed by atoms with E-state index in [1.54, 1.807) is 0 Å². The summed E-state index contributed by atoms with van der Waals surface area (Å²) in [6, 6.07) is 7.80. The van der Waals surface area contributed by atoms with Gasteiger partial charge in [0.25, 0.3) is 0 Å². The fraction of sp³-hybridized carbons (Fsp3) is 0.0667. The molecule has 0 aliphatic heterocycles. The maximum Gasteiger partial charge on any atom is 0.185 e. The molecule has 0 unspecified atom stereocenters. The normalized spacial score (nSPS) is 10.5. The number of hydroxylamine groups is 1. The van der Waals surface area contributed by atoms with Crippen molar-refractivity contribution in [3.05, 3.63) is 57.9 Å². The zero-order valence-corrected chi connectivity index (χ0v) is 12.0. The second-order valence-electron chi connectivity index (χ2n) is 4.40.